The topological polar surface area (TPSA) is 71.8 Å². The van der Waals surface area contributed by atoms with Crippen LogP contribution in [0.5, 0.6) is 0 Å². The normalized spacial score (nSPS) is 10.7. The standard InChI is InChI=1S/C8H5Cl2N3O/c9-3-1-5-6(2-4(3)10)13-8(12-5)7(11)14/h1-2H,(H2,11,14)(H,12,13). The Labute approximate surface area is 89.0 Å². The minimum absolute atomic E-state index is 0.0957. The highest BCUT2D eigenvalue weighted by Gasteiger charge is 2.09. The Kier molecular flexibility index (Phi) is 2.09. The van der Waals surface area contributed by atoms with E-state index >= 15 is 0 Å². The minimum Gasteiger partial charge on any atom is -0.363 e. The van der Waals surface area contributed by atoms with Gasteiger partial charge >= 0.3 is 0 Å². The third-order valence-electron chi connectivity index (χ3n) is 1.76. The van der Waals surface area contributed by atoms with Crippen LogP contribution in [0.2, 0.25) is 10.0 Å². The van der Waals surface area contributed by atoms with Gasteiger partial charge in [0.25, 0.3) is 5.91 Å². The van der Waals surface area contributed by atoms with Gasteiger partial charge in [0.2, 0.25) is 0 Å². The van der Waals surface area contributed by atoms with Crippen LogP contribution in [0.15, 0.2) is 12.1 Å². The Morgan fingerprint density at radius 3 is 2.64 bits per heavy atom. The summed E-state index contributed by atoms with van der Waals surface area (Å²) in [5.41, 5.74) is 6.25. The molecule has 0 spiro atoms. The van der Waals surface area contributed by atoms with Gasteiger partial charge in [-0.15, -0.1) is 0 Å². The number of halogens is 2. The molecule has 0 radical (unpaired) electrons. The van der Waals surface area contributed by atoms with Gasteiger partial charge in [-0.05, 0) is 12.1 Å². The van der Waals surface area contributed by atoms with E-state index < -0.39 is 5.91 Å². The molecule has 1 aromatic carbocycles. The zero-order chi connectivity index (χ0) is 10.3. The Bertz CT molecular complexity index is 482. The molecule has 0 fully saturated rings. The fraction of sp³-hybridized carbons (Fsp3) is 0. The molecule has 0 bridgehead atoms. The summed E-state index contributed by atoms with van der Waals surface area (Å²) in [7, 11) is 0. The number of fused-ring (bicyclic) bond motifs is 1. The maximum Gasteiger partial charge on any atom is 0.284 e. The summed E-state index contributed by atoms with van der Waals surface area (Å²) in [5.74, 6) is -0.522. The molecule has 1 amide bonds. The monoisotopic (exact) mass is 229 g/mol. The highest BCUT2D eigenvalue weighted by molar-refractivity contribution is 6.42. The van der Waals surface area contributed by atoms with Crippen LogP contribution in [0.1, 0.15) is 10.6 Å². The van der Waals surface area contributed by atoms with Gasteiger partial charge in [-0.25, -0.2) is 4.98 Å². The molecule has 0 saturated heterocycles. The summed E-state index contributed by atoms with van der Waals surface area (Å²) in [4.78, 5) is 17.5. The van der Waals surface area contributed by atoms with Crippen LogP contribution in [0.25, 0.3) is 11.0 Å². The summed E-state index contributed by atoms with van der Waals surface area (Å²) in [6, 6.07) is 3.17. The molecule has 72 valence electrons. The van der Waals surface area contributed by atoms with Gasteiger partial charge in [-0.3, -0.25) is 4.79 Å². The van der Waals surface area contributed by atoms with Crippen LogP contribution in [0.4, 0.5) is 0 Å². The molecular formula is C8H5Cl2N3O. The molecule has 0 saturated carbocycles. The number of primary amides is 1. The number of nitrogens with two attached hydrogens (primary N) is 1. The SMILES string of the molecule is NC(=O)c1nc2cc(Cl)c(Cl)cc2[nH]1. The Morgan fingerprint density at radius 1 is 1.36 bits per heavy atom. The number of benzene rings is 1. The molecule has 0 unspecified atom stereocenters. The molecule has 0 atom stereocenters. The van der Waals surface area contributed by atoms with Crippen molar-refractivity contribution < 1.29 is 4.79 Å². The predicted octanol–water partition coefficient (Wildman–Crippen LogP) is 1.97. The van der Waals surface area contributed by atoms with Crippen molar-refractivity contribution in [2.45, 2.75) is 0 Å². The number of hydrogen-bond donors (Lipinski definition) is 2. The lowest BCUT2D eigenvalue weighted by atomic mass is 10.3. The summed E-state index contributed by atoms with van der Waals surface area (Å²) in [6.45, 7) is 0. The molecule has 0 aliphatic heterocycles. The fourth-order valence-electron chi connectivity index (χ4n) is 1.12. The van der Waals surface area contributed by atoms with E-state index in [0.717, 1.165) is 0 Å². The van der Waals surface area contributed by atoms with Gasteiger partial charge in [0.05, 0.1) is 21.1 Å². The Hall–Kier alpha value is -1.26. The van der Waals surface area contributed by atoms with Crippen LogP contribution < -0.4 is 5.73 Å². The average Bonchev–Trinajstić information content (AvgIpc) is 2.48. The third-order valence-corrected chi connectivity index (χ3v) is 2.48. The number of H-pyrrole nitrogens is 1. The van der Waals surface area contributed by atoms with Crippen molar-refractivity contribution >= 4 is 40.1 Å². The molecule has 3 N–H and O–H groups in total. The van der Waals surface area contributed by atoms with Gasteiger partial charge in [0.15, 0.2) is 5.82 Å². The number of imidazole rings is 1. The highest BCUT2D eigenvalue weighted by Crippen LogP contribution is 2.26. The van der Waals surface area contributed by atoms with Crippen LogP contribution >= 0.6 is 23.2 Å². The van der Waals surface area contributed by atoms with Crippen LogP contribution in [0, 0.1) is 0 Å². The molecule has 1 aromatic heterocycles. The molecule has 2 aromatic rings. The molecule has 4 nitrogen and oxygen atoms in total. The van der Waals surface area contributed by atoms with E-state index in [4.69, 9.17) is 28.9 Å². The maximum absolute atomic E-state index is 10.8. The van der Waals surface area contributed by atoms with Crippen molar-refractivity contribution in [2.75, 3.05) is 0 Å². The third kappa shape index (κ3) is 1.42. The molecule has 0 aliphatic carbocycles. The van der Waals surface area contributed by atoms with E-state index in [-0.39, 0.29) is 5.82 Å². The number of rotatable bonds is 1. The van der Waals surface area contributed by atoms with Gasteiger partial charge in [0, 0.05) is 0 Å². The average molecular weight is 230 g/mol. The number of aromatic amines is 1. The van der Waals surface area contributed by atoms with E-state index in [0.29, 0.717) is 21.1 Å². The first kappa shape index (κ1) is 9.30. The van der Waals surface area contributed by atoms with Crippen molar-refractivity contribution in [1.82, 2.24) is 9.97 Å². The van der Waals surface area contributed by atoms with Crippen molar-refractivity contribution in [1.29, 1.82) is 0 Å². The lowest BCUT2D eigenvalue weighted by Crippen LogP contribution is -2.12. The zero-order valence-corrected chi connectivity index (χ0v) is 8.36. The summed E-state index contributed by atoms with van der Waals surface area (Å²) >= 11 is 11.6. The number of nitrogens with one attached hydrogen (secondary N) is 1. The lowest BCUT2D eigenvalue weighted by Gasteiger charge is -1.93. The fourth-order valence-corrected chi connectivity index (χ4v) is 1.44. The van der Waals surface area contributed by atoms with E-state index in [1.54, 1.807) is 12.1 Å². The van der Waals surface area contributed by atoms with Crippen LogP contribution in [0.3, 0.4) is 0 Å². The van der Waals surface area contributed by atoms with Gasteiger partial charge in [-0.1, -0.05) is 23.2 Å². The minimum atomic E-state index is -0.617. The van der Waals surface area contributed by atoms with Crippen molar-refractivity contribution in [2.24, 2.45) is 5.73 Å². The summed E-state index contributed by atoms with van der Waals surface area (Å²) in [5, 5.41) is 0.792. The molecule has 6 heteroatoms. The van der Waals surface area contributed by atoms with Crippen molar-refractivity contribution in [3.05, 3.63) is 28.0 Å². The maximum atomic E-state index is 10.8. The number of nitrogens with zero attached hydrogens (tertiary/aromatic N) is 1. The van der Waals surface area contributed by atoms with Crippen LogP contribution in [-0.4, -0.2) is 15.9 Å². The summed E-state index contributed by atoms with van der Waals surface area (Å²) < 4.78 is 0. The second kappa shape index (κ2) is 3.15. The molecule has 0 aliphatic rings. The van der Waals surface area contributed by atoms with E-state index in [1.165, 1.54) is 0 Å². The Morgan fingerprint density at radius 2 is 2.00 bits per heavy atom. The first-order valence-electron chi connectivity index (χ1n) is 3.72. The molecular weight excluding hydrogens is 225 g/mol. The number of hydrogen-bond acceptors (Lipinski definition) is 2. The van der Waals surface area contributed by atoms with Gasteiger partial charge in [0.1, 0.15) is 0 Å². The zero-order valence-electron chi connectivity index (χ0n) is 6.84. The lowest BCUT2D eigenvalue weighted by molar-refractivity contribution is 0.0991. The second-order valence-electron chi connectivity index (χ2n) is 2.73. The van der Waals surface area contributed by atoms with Crippen LogP contribution in [-0.2, 0) is 0 Å². The van der Waals surface area contributed by atoms with Crippen molar-refractivity contribution in [3.63, 3.8) is 0 Å². The van der Waals surface area contributed by atoms with E-state index in [9.17, 15) is 4.79 Å². The number of amides is 1. The highest BCUT2D eigenvalue weighted by atomic mass is 35.5. The molecule has 14 heavy (non-hydrogen) atoms. The quantitative estimate of drug-likeness (QED) is 0.785. The smallest absolute Gasteiger partial charge is 0.284 e. The number of aromatic nitrogens is 2. The predicted molar refractivity (Wildman–Crippen MR) is 54.6 cm³/mol. The summed E-state index contributed by atoms with van der Waals surface area (Å²) in [6.07, 6.45) is 0. The molecule has 1 heterocycles. The number of carbonyl (C=O) groups is 1. The number of carbonyl (C=O) groups excluding carboxylic acids is 1. The van der Waals surface area contributed by atoms with Gasteiger partial charge < -0.3 is 10.7 Å². The van der Waals surface area contributed by atoms with E-state index in [2.05, 4.69) is 9.97 Å². The largest absolute Gasteiger partial charge is 0.363 e. The van der Waals surface area contributed by atoms with Gasteiger partial charge in [-0.2, -0.15) is 0 Å². The Balaban J connectivity index is 2.72. The van der Waals surface area contributed by atoms with E-state index in [1.807, 2.05) is 0 Å². The van der Waals surface area contributed by atoms with Crippen molar-refractivity contribution in [3.8, 4) is 0 Å². The molecule has 2 rings (SSSR count). The first-order chi connectivity index (χ1) is 6.58. The first-order valence-corrected chi connectivity index (χ1v) is 4.48. The second-order valence-corrected chi connectivity index (χ2v) is 3.55.